The molecular weight excluding hydrogens is 372 g/mol. The van der Waals surface area contributed by atoms with E-state index in [-0.39, 0.29) is 5.57 Å². The van der Waals surface area contributed by atoms with Gasteiger partial charge in [-0.3, -0.25) is 0 Å². The minimum Gasteiger partial charge on any atom is -0.503 e. The van der Waals surface area contributed by atoms with Crippen LogP contribution in [0.15, 0.2) is 94.9 Å². The number of carbonyl (C=O) groups excluding carboxylic acids is 1. The number of carbonyl (C=O) groups is 1. The van der Waals surface area contributed by atoms with Crippen molar-refractivity contribution in [2.24, 2.45) is 0 Å². The lowest BCUT2D eigenvalue weighted by molar-refractivity contribution is -0.133. The molecule has 0 saturated heterocycles. The number of hydrogen-bond acceptors (Lipinski definition) is 5. The van der Waals surface area contributed by atoms with Crippen LogP contribution in [-0.2, 0) is 14.3 Å². The lowest BCUT2D eigenvalue weighted by Gasteiger charge is -2.13. The van der Waals surface area contributed by atoms with Gasteiger partial charge < -0.3 is 14.2 Å². The number of methoxy groups -OCH3 is 2. The Labute approximate surface area is 168 Å². The summed E-state index contributed by atoms with van der Waals surface area (Å²) in [6.45, 7) is 0. The highest BCUT2D eigenvalue weighted by Gasteiger charge is 2.18. The van der Waals surface area contributed by atoms with E-state index in [4.69, 9.17) is 14.2 Å². The van der Waals surface area contributed by atoms with Crippen molar-refractivity contribution in [2.75, 3.05) is 14.2 Å². The van der Waals surface area contributed by atoms with E-state index in [0.29, 0.717) is 17.1 Å². The van der Waals surface area contributed by atoms with E-state index in [1.807, 2.05) is 54.6 Å². The average Bonchev–Trinajstić information content (AvgIpc) is 2.73. The zero-order valence-electron chi connectivity index (χ0n) is 15.6. The van der Waals surface area contributed by atoms with Crippen LogP contribution in [0, 0.1) is 0 Å². The second-order valence-corrected chi connectivity index (χ2v) is 6.89. The monoisotopic (exact) mass is 392 g/mol. The summed E-state index contributed by atoms with van der Waals surface area (Å²) >= 11 is 1.65. The molecule has 0 fully saturated rings. The normalized spacial score (nSPS) is 11.0. The summed E-state index contributed by atoms with van der Waals surface area (Å²) in [4.78, 5) is 14.3. The largest absolute Gasteiger partial charge is 0.503 e. The first kappa shape index (κ1) is 19.6. The first-order valence-corrected chi connectivity index (χ1v) is 9.44. The van der Waals surface area contributed by atoms with Crippen LogP contribution in [0.25, 0.3) is 5.57 Å². The van der Waals surface area contributed by atoms with Crippen molar-refractivity contribution >= 4 is 23.3 Å². The maximum Gasteiger partial charge on any atom is 0.341 e. The van der Waals surface area contributed by atoms with Crippen LogP contribution in [0.5, 0.6) is 11.5 Å². The molecule has 3 aromatic carbocycles. The van der Waals surface area contributed by atoms with Crippen LogP contribution in [0.2, 0.25) is 0 Å². The van der Waals surface area contributed by atoms with Gasteiger partial charge in [-0.05, 0) is 36.4 Å². The van der Waals surface area contributed by atoms with E-state index in [2.05, 4.69) is 12.1 Å². The molecule has 0 aliphatic carbocycles. The fourth-order valence-electron chi connectivity index (χ4n) is 2.58. The van der Waals surface area contributed by atoms with Crippen LogP contribution < -0.4 is 4.74 Å². The molecule has 0 saturated carbocycles. The van der Waals surface area contributed by atoms with Crippen molar-refractivity contribution in [2.45, 2.75) is 9.79 Å². The van der Waals surface area contributed by atoms with Crippen molar-refractivity contribution in [3.05, 3.63) is 90.7 Å². The topological polar surface area (TPSA) is 44.8 Å². The van der Waals surface area contributed by atoms with Crippen molar-refractivity contribution in [3.8, 4) is 11.5 Å². The summed E-state index contributed by atoms with van der Waals surface area (Å²) in [5.41, 5.74) is 0.882. The van der Waals surface area contributed by atoms with Gasteiger partial charge in [0.25, 0.3) is 0 Å². The van der Waals surface area contributed by atoms with E-state index in [9.17, 15) is 4.79 Å². The van der Waals surface area contributed by atoms with Crippen LogP contribution in [0.1, 0.15) is 5.56 Å². The van der Waals surface area contributed by atoms with Crippen molar-refractivity contribution in [1.29, 1.82) is 0 Å². The summed E-state index contributed by atoms with van der Waals surface area (Å²) in [6, 6.07) is 25.2. The molecule has 5 heteroatoms. The van der Waals surface area contributed by atoms with Gasteiger partial charge in [-0.15, -0.1) is 0 Å². The highest BCUT2D eigenvalue weighted by molar-refractivity contribution is 7.99. The quantitative estimate of drug-likeness (QED) is 0.289. The summed E-state index contributed by atoms with van der Waals surface area (Å²) in [5.74, 6) is 0.722. The second-order valence-electron chi connectivity index (χ2n) is 5.75. The number of para-hydroxylation sites is 1. The number of benzene rings is 3. The van der Waals surface area contributed by atoms with Crippen LogP contribution in [-0.4, -0.2) is 20.2 Å². The summed E-state index contributed by atoms with van der Waals surface area (Å²) in [6.07, 6.45) is 1.36. The predicted octanol–water partition coefficient (Wildman–Crippen LogP) is 5.79. The van der Waals surface area contributed by atoms with Gasteiger partial charge >= 0.3 is 5.97 Å². The standard InChI is InChI=1S/C23H20O4S/c1-25-16-21(23(24)26-2)20-13-6-7-14-22(20)27-17-9-8-12-19(15-17)28-18-10-4-3-5-11-18/h3-16H,1-2H3. The zero-order chi connectivity index (χ0) is 19.8. The minimum absolute atomic E-state index is 0.287. The molecule has 3 rings (SSSR count). The van der Waals surface area contributed by atoms with E-state index in [0.717, 1.165) is 9.79 Å². The molecular formula is C23H20O4S. The fraction of sp³-hybridized carbons (Fsp3) is 0.0870. The zero-order valence-corrected chi connectivity index (χ0v) is 16.4. The Kier molecular flexibility index (Phi) is 6.76. The molecule has 0 aliphatic heterocycles. The van der Waals surface area contributed by atoms with Crippen LogP contribution in [0.4, 0.5) is 0 Å². The molecule has 0 spiro atoms. The van der Waals surface area contributed by atoms with Crippen molar-refractivity contribution < 1.29 is 19.0 Å². The highest BCUT2D eigenvalue weighted by Crippen LogP contribution is 2.34. The molecule has 0 bridgehead atoms. The molecule has 0 radical (unpaired) electrons. The Hall–Kier alpha value is -3.18. The first-order valence-electron chi connectivity index (χ1n) is 8.63. The third kappa shape index (κ3) is 4.96. The molecule has 142 valence electrons. The van der Waals surface area contributed by atoms with Crippen molar-refractivity contribution in [3.63, 3.8) is 0 Å². The fourth-order valence-corrected chi connectivity index (χ4v) is 3.47. The maximum atomic E-state index is 12.1. The third-order valence-corrected chi connectivity index (χ3v) is 4.83. The summed E-state index contributed by atoms with van der Waals surface area (Å²) in [5, 5.41) is 0. The van der Waals surface area contributed by atoms with E-state index < -0.39 is 5.97 Å². The van der Waals surface area contributed by atoms with Gasteiger partial charge in [-0.1, -0.05) is 54.2 Å². The van der Waals surface area contributed by atoms with Gasteiger partial charge in [0, 0.05) is 15.4 Å². The number of ether oxygens (including phenoxy) is 3. The van der Waals surface area contributed by atoms with E-state index in [1.165, 1.54) is 20.5 Å². The molecule has 0 atom stereocenters. The van der Waals surface area contributed by atoms with Crippen LogP contribution in [0.3, 0.4) is 0 Å². The van der Waals surface area contributed by atoms with Gasteiger partial charge in [0.2, 0.25) is 0 Å². The lowest BCUT2D eigenvalue weighted by atomic mass is 10.1. The Bertz CT molecular complexity index is 967. The van der Waals surface area contributed by atoms with Gasteiger partial charge in [-0.25, -0.2) is 4.79 Å². The molecule has 0 heterocycles. The molecule has 0 amide bonds. The first-order chi connectivity index (χ1) is 13.7. The Morgan fingerprint density at radius 1 is 0.857 bits per heavy atom. The van der Waals surface area contributed by atoms with Crippen LogP contribution >= 0.6 is 11.8 Å². The van der Waals surface area contributed by atoms with Gasteiger partial charge in [0.15, 0.2) is 0 Å². The second kappa shape index (κ2) is 9.67. The van der Waals surface area contributed by atoms with Gasteiger partial charge in [0.05, 0.1) is 20.5 Å². The molecule has 3 aromatic rings. The predicted molar refractivity (Wildman–Crippen MR) is 111 cm³/mol. The smallest absolute Gasteiger partial charge is 0.341 e. The average molecular weight is 392 g/mol. The minimum atomic E-state index is -0.494. The van der Waals surface area contributed by atoms with Gasteiger partial charge in [-0.2, -0.15) is 0 Å². The third-order valence-electron chi connectivity index (χ3n) is 3.83. The number of hydrogen-bond donors (Lipinski definition) is 0. The van der Waals surface area contributed by atoms with Gasteiger partial charge in [0.1, 0.15) is 17.1 Å². The number of rotatable bonds is 7. The van der Waals surface area contributed by atoms with E-state index >= 15 is 0 Å². The SMILES string of the molecule is COC=C(C(=O)OC)c1ccccc1Oc1cccc(Sc2ccccc2)c1. The highest BCUT2D eigenvalue weighted by atomic mass is 32.2. The summed E-state index contributed by atoms with van der Waals surface area (Å²) in [7, 11) is 2.82. The Morgan fingerprint density at radius 3 is 2.32 bits per heavy atom. The van der Waals surface area contributed by atoms with Crippen molar-refractivity contribution in [1.82, 2.24) is 0 Å². The molecule has 0 aliphatic rings. The Balaban J connectivity index is 1.87. The molecule has 0 unspecified atom stereocenters. The molecule has 0 N–H and O–H groups in total. The molecule has 28 heavy (non-hydrogen) atoms. The van der Waals surface area contributed by atoms with E-state index in [1.54, 1.807) is 23.9 Å². The maximum absolute atomic E-state index is 12.1. The molecule has 4 nitrogen and oxygen atoms in total. The molecule has 0 aromatic heterocycles. The number of esters is 1. The summed E-state index contributed by atoms with van der Waals surface area (Å²) < 4.78 is 16.0. The Morgan fingerprint density at radius 2 is 1.57 bits per heavy atom. The lowest BCUT2D eigenvalue weighted by Crippen LogP contribution is -2.05.